The molecule has 26 heavy (non-hydrogen) atoms. The number of benzene rings is 1. The standard InChI is InChI=1S/C19H21N5O2/c1-19-10-24(8-12(19)9-26-11-19)18-22-21-17(23(18)2)14-7-20-15-6-4-3-5-13(15)16(14)25/h3-7,12H,8-11H2,1-2H3,(H,20,25). The molecule has 0 amide bonds. The number of hydrogen-bond donors (Lipinski definition) is 1. The predicted molar refractivity (Wildman–Crippen MR) is 99.2 cm³/mol. The number of rotatable bonds is 2. The van der Waals surface area contributed by atoms with Crippen LogP contribution in [0.1, 0.15) is 6.92 Å². The number of anilines is 1. The molecule has 0 radical (unpaired) electrons. The first-order chi connectivity index (χ1) is 12.6. The minimum atomic E-state index is -0.0277. The van der Waals surface area contributed by atoms with Crippen molar-refractivity contribution < 1.29 is 4.74 Å². The summed E-state index contributed by atoms with van der Waals surface area (Å²) in [5, 5.41) is 9.40. The maximum atomic E-state index is 12.9. The third-order valence-corrected chi connectivity index (χ3v) is 5.89. The fourth-order valence-corrected chi connectivity index (χ4v) is 4.28. The number of para-hydroxylation sites is 1. The summed E-state index contributed by atoms with van der Waals surface area (Å²) in [6.07, 6.45) is 1.73. The van der Waals surface area contributed by atoms with Crippen molar-refractivity contribution in [2.45, 2.75) is 6.92 Å². The summed E-state index contributed by atoms with van der Waals surface area (Å²) >= 11 is 0. The van der Waals surface area contributed by atoms with Gasteiger partial charge in [-0.3, -0.25) is 9.36 Å². The minimum Gasteiger partial charge on any atom is -0.380 e. The first kappa shape index (κ1) is 15.6. The zero-order valence-electron chi connectivity index (χ0n) is 14.9. The van der Waals surface area contributed by atoms with Crippen molar-refractivity contribution in [2.75, 3.05) is 31.2 Å². The summed E-state index contributed by atoms with van der Waals surface area (Å²) < 4.78 is 7.57. The van der Waals surface area contributed by atoms with Crippen molar-refractivity contribution in [1.29, 1.82) is 0 Å². The Morgan fingerprint density at radius 2 is 2.15 bits per heavy atom. The maximum absolute atomic E-state index is 12.9. The molecule has 0 aliphatic carbocycles. The summed E-state index contributed by atoms with van der Waals surface area (Å²) in [7, 11) is 1.92. The molecule has 134 valence electrons. The number of nitrogens with one attached hydrogen (secondary N) is 1. The van der Waals surface area contributed by atoms with Crippen molar-refractivity contribution in [2.24, 2.45) is 18.4 Å². The van der Waals surface area contributed by atoms with Crippen LogP contribution in [0.3, 0.4) is 0 Å². The van der Waals surface area contributed by atoms with E-state index in [-0.39, 0.29) is 10.8 Å². The molecule has 3 aromatic rings. The molecule has 7 heteroatoms. The molecule has 2 aromatic heterocycles. The predicted octanol–water partition coefficient (Wildman–Crippen LogP) is 1.80. The quantitative estimate of drug-likeness (QED) is 0.762. The van der Waals surface area contributed by atoms with Crippen molar-refractivity contribution in [3.8, 4) is 11.4 Å². The number of hydrogen-bond acceptors (Lipinski definition) is 5. The van der Waals surface area contributed by atoms with Gasteiger partial charge in [0.2, 0.25) is 5.95 Å². The SMILES string of the molecule is Cn1c(-c2c[nH]c3ccccc3c2=O)nnc1N1CC2COCC2(C)C1. The number of nitrogens with zero attached hydrogens (tertiary/aromatic N) is 4. The number of ether oxygens (including phenoxy) is 1. The Balaban J connectivity index is 1.55. The highest BCUT2D eigenvalue weighted by atomic mass is 16.5. The molecule has 2 fully saturated rings. The van der Waals surface area contributed by atoms with Crippen LogP contribution in [0.4, 0.5) is 5.95 Å². The number of H-pyrrole nitrogens is 1. The van der Waals surface area contributed by atoms with Crippen molar-refractivity contribution in [3.63, 3.8) is 0 Å². The van der Waals surface area contributed by atoms with Gasteiger partial charge in [0.1, 0.15) is 0 Å². The number of aromatic amines is 1. The van der Waals surface area contributed by atoms with Crippen LogP contribution in [-0.2, 0) is 11.8 Å². The Kier molecular flexibility index (Phi) is 3.24. The molecule has 2 aliphatic heterocycles. The van der Waals surface area contributed by atoms with Gasteiger partial charge >= 0.3 is 0 Å². The first-order valence-electron chi connectivity index (χ1n) is 8.90. The molecule has 7 nitrogen and oxygen atoms in total. The molecule has 1 aromatic carbocycles. The Labute approximate surface area is 150 Å². The van der Waals surface area contributed by atoms with Gasteiger partial charge in [-0.05, 0) is 12.1 Å². The molecular weight excluding hydrogens is 330 g/mol. The highest BCUT2D eigenvalue weighted by Gasteiger charge is 2.48. The van der Waals surface area contributed by atoms with Crippen molar-refractivity contribution in [1.82, 2.24) is 19.7 Å². The molecule has 5 rings (SSSR count). The lowest BCUT2D eigenvalue weighted by Gasteiger charge is -2.21. The zero-order valence-corrected chi connectivity index (χ0v) is 14.9. The van der Waals surface area contributed by atoms with Gasteiger partial charge in [0.05, 0.1) is 18.8 Å². The van der Waals surface area contributed by atoms with E-state index in [0.29, 0.717) is 22.7 Å². The lowest BCUT2D eigenvalue weighted by molar-refractivity contribution is 0.161. The van der Waals surface area contributed by atoms with Crippen molar-refractivity contribution >= 4 is 16.9 Å². The van der Waals surface area contributed by atoms with E-state index in [4.69, 9.17) is 4.74 Å². The van der Waals surface area contributed by atoms with E-state index < -0.39 is 0 Å². The van der Waals surface area contributed by atoms with E-state index in [9.17, 15) is 4.79 Å². The van der Waals surface area contributed by atoms with Gasteiger partial charge in [0.15, 0.2) is 11.3 Å². The number of pyridine rings is 1. The van der Waals surface area contributed by atoms with Crippen LogP contribution in [0.25, 0.3) is 22.3 Å². The second-order valence-corrected chi connectivity index (χ2v) is 7.71. The van der Waals surface area contributed by atoms with E-state index in [1.807, 2.05) is 35.9 Å². The Bertz CT molecular complexity index is 1060. The molecule has 2 unspecified atom stereocenters. The van der Waals surface area contributed by atoms with Crippen LogP contribution in [0.15, 0.2) is 35.3 Å². The lowest BCUT2D eigenvalue weighted by atomic mass is 9.83. The fourth-order valence-electron chi connectivity index (χ4n) is 4.28. The second kappa shape index (κ2) is 5.41. The topological polar surface area (TPSA) is 76.0 Å². The third kappa shape index (κ3) is 2.13. The van der Waals surface area contributed by atoms with Crippen LogP contribution in [0.5, 0.6) is 0 Å². The average Bonchev–Trinajstić information content (AvgIpc) is 3.27. The Hall–Kier alpha value is -2.67. The Morgan fingerprint density at radius 3 is 3.00 bits per heavy atom. The van der Waals surface area contributed by atoms with Gasteiger partial charge in [-0.15, -0.1) is 10.2 Å². The molecule has 4 heterocycles. The number of fused-ring (bicyclic) bond motifs is 2. The summed E-state index contributed by atoms with van der Waals surface area (Å²) in [6.45, 7) is 5.69. The summed E-state index contributed by atoms with van der Waals surface area (Å²) in [5.74, 6) is 1.92. The van der Waals surface area contributed by atoms with Gasteiger partial charge in [-0.2, -0.15) is 0 Å². The van der Waals surface area contributed by atoms with Gasteiger partial charge in [-0.25, -0.2) is 0 Å². The molecule has 1 N–H and O–H groups in total. The first-order valence-corrected chi connectivity index (χ1v) is 8.90. The maximum Gasteiger partial charge on any atom is 0.227 e. The van der Waals surface area contributed by atoms with E-state index in [2.05, 4.69) is 27.0 Å². The highest BCUT2D eigenvalue weighted by molar-refractivity contribution is 5.82. The highest BCUT2D eigenvalue weighted by Crippen LogP contribution is 2.42. The van der Waals surface area contributed by atoms with Crippen LogP contribution in [0.2, 0.25) is 0 Å². The van der Waals surface area contributed by atoms with Gasteiger partial charge < -0.3 is 14.6 Å². The van der Waals surface area contributed by atoms with Gasteiger partial charge in [0, 0.05) is 48.6 Å². The number of aromatic nitrogens is 4. The van der Waals surface area contributed by atoms with Crippen LogP contribution < -0.4 is 10.3 Å². The molecular formula is C19H21N5O2. The molecule has 0 spiro atoms. The monoisotopic (exact) mass is 351 g/mol. The van der Waals surface area contributed by atoms with Crippen LogP contribution >= 0.6 is 0 Å². The summed E-state index contributed by atoms with van der Waals surface area (Å²) in [5.41, 5.74) is 1.51. The lowest BCUT2D eigenvalue weighted by Crippen LogP contribution is -2.28. The zero-order chi connectivity index (χ0) is 17.9. The second-order valence-electron chi connectivity index (χ2n) is 7.71. The molecule has 2 saturated heterocycles. The molecule has 0 bridgehead atoms. The minimum absolute atomic E-state index is 0.0277. The fraction of sp³-hybridized carbons (Fsp3) is 0.421. The average molecular weight is 351 g/mol. The van der Waals surface area contributed by atoms with E-state index in [1.54, 1.807) is 6.20 Å². The smallest absolute Gasteiger partial charge is 0.227 e. The van der Waals surface area contributed by atoms with E-state index >= 15 is 0 Å². The molecule has 2 atom stereocenters. The van der Waals surface area contributed by atoms with Gasteiger partial charge in [-0.1, -0.05) is 19.1 Å². The van der Waals surface area contributed by atoms with Crippen molar-refractivity contribution in [3.05, 3.63) is 40.7 Å². The largest absolute Gasteiger partial charge is 0.380 e. The Morgan fingerprint density at radius 1 is 1.31 bits per heavy atom. The molecule has 0 saturated carbocycles. The van der Waals surface area contributed by atoms with Gasteiger partial charge in [0.25, 0.3) is 0 Å². The van der Waals surface area contributed by atoms with Crippen LogP contribution in [-0.4, -0.2) is 46.1 Å². The van der Waals surface area contributed by atoms with Crippen LogP contribution in [0, 0.1) is 11.3 Å². The third-order valence-electron chi connectivity index (χ3n) is 5.89. The normalized spacial score (nSPS) is 25.2. The summed E-state index contributed by atoms with van der Waals surface area (Å²) in [4.78, 5) is 18.3. The molecule has 2 aliphatic rings. The van der Waals surface area contributed by atoms with E-state index in [1.165, 1.54) is 0 Å². The summed E-state index contributed by atoms with van der Waals surface area (Å²) in [6, 6.07) is 7.51. The van der Waals surface area contributed by atoms with E-state index in [0.717, 1.165) is 37.8 Å².